The second-order valence-electron chi connectivity index (χ2n) is 7.38. The summed E-state index contributed by atoms with van der Waals surface area (Å²) in [5.41, 5.74) is 4.55. The first-order valence-electron chi connectivity index (χ1n) is 10.1. The summed E-state index contributed by atoms with van der Waals surface area (Å²) in [6.45, 7) is 4.82. The molecule has 1 aliphatic rings. The lowest BCUT2D eigenvalue weighted by Gasteiger charge is -2.18. The Hall–Kier alpha value is -2.26. The second kappa shape index (κ2) is 10.7. The summed E-state index contributed by atoms with van der Waals surface area (Å²) in [6.07, 6.45) is 1.07. The average Bonchev–Trinajstić information content (AvgIpc) is 3.38. The predicted octanol–water partition coefficient (Wildman–Crippen LogP) is 4.13. The number of ether oxygens (including phenoxy) is 2. The molecule has 0 radical (unpaired) electrons. The predicted molar refractivity (Wildman–Crippen MR) is 132 cm³/mol. The van der Waals surface area contributed by atoms with Crippen LogP contribution in [0.25, 0.3) is 10.9 Å². The van der Waals surface area contributed by atoms with Crippen molar-refractivity contribution in [2.24, 2.45) is 4.99 Å². The fraction of sp³-hybridized carbons (Fsp3) is 0.348. The highest BCUT2D eigenvalue weighted by molar-refractivity contribution is 14.0. The number of hydrogen-bond acceptors (Lipinski definition) is 3. The van der Waals surface area contributed by atoms with Gasteiger partial charge >= 0.3 is 0 Å². The first kappa shape index (κ1) is 22.4. The molecule has 2 heterocycles. The van der Waals surface area contributed by atoms with Crippen LogP contribution in [-0.2, 0) is 17.8 Å². The first-order chi connectivity index (χ1) is 14.2. The molecule has 0 aliphatic carbocycles. The van der Waals surface area contributed by atoms with Gasteiger partial charge in [-0.15, -0.1) is 24.0 Å². The van der Waals surface area contributed by atoms with Crippen molar-refractivity contribution in [2.75, 3.05) is 20.3 Å². The van der Waals surface area contributed by atoms with Crippen LogP contribution < -0.4 is 15.4 Å². The molecule has 1 aliphatic heterocycles. The molecule has 1 atom stereocenters. The zero-order valence-corrected chi connectivity index (χ0v) is 19.7. The number of guanidine groups is 1. The van der Waals surface area contributed by atoms with E-state index in [4.69, 9.17) is 9.47 Å². The van der Waals surface area contributed by atoms with E-state index in [9.17, 15) is 0 Å². The molecule has 2 aromatic carbocycles. The molecule has 1 aromatic heterocycles. The van der Waals surface area contributed by atoms with Crippen LogP contribution in [0.1, 0.15) is 23.2 Å². The summed E-state index contributed by atoms with van der Waals surface area (Å²) in [5.74, 6) is 1.67. The molecule has 0 bridgehead atoms. The lowest BCUT2D eigenvalue weighted by molar-refractivity contribution is 0.140. The van der Waals surface area contributed by atoms with E-state index in [0.29, 0.717) is 19.7 Å². The molecule has 160 valence electrons. The van der Waals surface area contributed by atoms with Crippen molar-refractivity contribution in [1.82, 2.24) is 15.6 Å². The Kier molecular flexibility index (Phi) is 7.98. The van der Waals surface area contributed by atoms with Gasteiger partial charge in [0.05, 0.1) is 19.8 Å². The van der Waals surface area contributed by atoms with Gasteiger partial charge in [-0.1, -0.05) is 30.3 Å². The van der Waals surface area contributed by atoms with Crippen LogP contribution >= 0.6 is 24.0 Å². The molecule has 1 saturated heterocycles. The molecule has 0 amide bonds. The quantitative estimate of drug-likeness (QED) is 0.260. The summed E-state index contributed by atoms with van der Waals surface area (Å²) in [5, 5.41) is 7.97. The standard InChI is InChI=1S/C23H28N4O2.HI/c1-16-7-8-18(22(11-16)29-20-9-10-28-15-20)13-25-23(24-2)26-14-19-12-17-5-3-4-6-21(17)27-19;/h3-8,11-12,20,27H,9-10,13-15H2,1-2H3,(H2,24,25,26);1H. The van der Waals surface area contributed by atoms with Crippen molar-refractivity contribution in [1.29, 1.82) is 0 Å². The van der Waals surface area contributed by atoms with Crippen molar-refractivity contribution in [3.8, 4) is 5.75 Å². The molecule has 30 heavy (non-hydrogen) atoms. The number of H-pyrrole nitrogens is 1. The number of aliphatic imine (C=N–C) groups is 1. The van der Waals surface area contributed by atoms with Crippen molar-refractivity contribution in [2.45, 2.75) is 32.5 Å². The van der Waals surface area contributed by atoms with Gasteiger partial charge in [-0.25, -0.2) is 0 Å². The van der Waals surface area contributed by atoms with Gasteiger partial charge in [0, 0.05) is 36.8 Å². The molecule has 1 unspecified atom stereocenters. The number of rotatable bonds is 6. The molecule has 3 aromatic rings. The van der Waals surface area contributed by atoms with Crippen LogP contribution in [0.3, 0.4) is 0 Å². The third-order valence-corrected chi connectivity index (χ3v) is 5.11. The third kappa shape index (κ3) is 5.66. The van der Waals surface area contributed by atoms with Crippen LogP contribution in [0.15, 0.2) is 53.5 Å². The SMILES string of the molecule is CN=C(NCc1cc2ccccc2[nH]1)NCc1ccc(C)cc1OC1CCOC1.I. The zero-order valence-electron chi connectivity index (χ0n) is 17.4. The molecule has 6 nitrogen and oxygen atoms in total. The van der Waals surface area contributed by atoms with E-state index >= 15 is 0 Å². The summed E-state index contributed by atoms with van der Waals surface area (Å²) in [7, 11) is 1.78. The molecule has 0 spiro atoms. The number of aromatic amines is 1. The lowest BCUT2D eigenvalue weighted by Crippen LogP contribution is -2.36. The highest BCUT2D eigenvalue weighted by Gasteiger charge is 2.18. The topological polar surface area (TPSA) is 70.7 Å². The number of hydrogen-bond donors (Lipinski definition) is 3. The van der Waals surface area contributed by atoms with Crippen molar-refractivity contribution < 1.29 is 9.47 Å². The maximum absolute atomic E-state index is 6.19. The Morgan fingerprint density at radius 3 is 2.77 bits per heavy atom. The Bertz CT molecular complexity index is 963. The van der Waals surface area contributed by atoms with Crippen molar-refractivity contribution in [3.05, 3.63) is 65.4 Å². The van der Waals surface area contributed by atoms with E-state index < -0.39 is 0 Å². The van der Waals surface area contributed by atoms with Gasteiger partial charge in [-0.05, 0) is 36.1 Å². The Morgan fingerprint density at radius 2 is 2.00 bits per heavy atom. The number of benzene rings is 2. The van der Waals surface area contributed by atoms with E-state index in [0.717, 1.165) is 41.5 Å². The fourth-order valence-electron chi connectivity index (χ4n) is 3.51. The van der Waals surface area contributed by atoms with Crippen molar-refractivity contribution >= 4 is 40.8 Å². The zero-order chi connectivity index (χ0) is 20.1. The summed E-state index contributed by atoms with van der Waals surface area (Å²) in [6, 6.07) is 16.7. The smallest absolute Gasteiger partial charge is 0.191 e. The van der Waals surface area contributed by atoms with E-state index in [1.807, 2.05) is 12.1 Å². The van der Waals surface area contributed by atoms with Gasteiger partial charge in [-0.3, -0.25) is 4.99 Å². The molecular weight excluding hydrogens is 491 g/mol. The molecule has 3 N–H and O–H groups in total. The minimum atomic E-state index is 0. The Morgan fingerprint density at radius 1 is 1.17 bits per heavy atom. The van der Waals surface area contributed by atoms with E-state index in [1.54, 1.807) is 7.05 Å². The third-order valence-electron chi connectivity index (χ3n) is 5.11. The highest BCUT2D eigenvalue weighted by atomic mass is 127. The van der Waals surface area contributed by atoms with Gasteiger partial charge in [0.25, 0.3) is 0 Å². The molecule has 7 heteroatoms. The van der Waals surface area contributed by atoms with Crippen LogP contribution in [0.2, 0.25) is 0 Å². The number of nitrogens with one attached hydrogen (secondary N) is 3. The lowest BCUT2D eigenvalue weighted by atomic mass is 10.1. The maximum Gasteiger partial charge on any atom is 0.191 e. The number of aryl methyl sites for hydroxylation is 1. The molecule has 0 saturated carbocycles. The van der Waals surface area contributed by atoms with Crippen LogP contribution in [0.4, 0.5) is 0 Å². The minimum Gasteiger partial charge on any atom is -0.488 e. The van der Waals surface area contributed by atoms with Crippen molar-refractivity contribution in [3.63, 3.8) is 0 Å². The van der Waals surface area contributed by atoms with Gasteiger partial charge in [-0.2, -0.15) is 0 Å². The number of fused-ring (bicyclic) bond motifs is 1. The number of para-hydroxylation sites is 1. The first-order valence-corrected chi connectivity index (χ1v) is 10.1. The average molecular weight is 520 g/mol. The number of halogens is 1. The van der Waals surface area contributed by atoms with Crippen LogP contribution in [0, 0.1) is 6.92 Å². The molecule has 4 rings (SSSR count). The normalized spacial score (nSPS) is 16.3. The van der Waals surface area contributed by atoms with Gasteiger partial charge in [0.15, 0.2) is 5.96 Å². The van der Waals surface area contributed by atoms with E-state index in [2.05, 4.69) is 63.9 Å². The van der Waals surface area contributed by atoms with Gasteiger partial charge in [0.2, 0.25) is 0 Å². The van der Waals surface area contributed by atoms with Gasteiger partial charge < -0.3 is 25.1 Å². The van der Waals surface area contributed by atoms with E-state index in [-0.39, 0.29) is 30.1 Å². The number of nitrogens with zero attached hydrogens (tertiary/aromatic N) is 1. The Labute approximate surface area is 194 Å². The second-order valence-corrected chi connectivity index (χ2v) is 7.38. The number of aromatic nitrogens is 1. The summed E-state index contributed by atoms with van der Waals surface area (Å²) >= 11 is 0. The van der Waals surface area contributed by atoms with Crippen LogP contribution in [0.5, 0.6) is 5.75 Å². The fourth-order valence-corrected chi connectivity index (χ4v) is 3.51. The molecule has 1 fully saturated rings. The highest BCUT2D eigenvalue weighted by Crippen LogP contribution is 2.23. The van der Waals surface area contributed by atoms with Crippen LogP contribution in [-0.4, -0.2) is 37.3 Å². The minimum absolute atomic E-state index is 0. The monoisotopic (exact) mass is 520 g/mol. The van der Waals surface area contributed by atoms with E-state index in [1.165, 1.54) is 10.9 Å². The molecular formula is C23H29IN4O2. The van der Waals surface area contributed by atoms with Gasteiger partial charge in [0.1, 0.15) is 11.9 Å². The summed E-state index contributed by atoms with van der Waals surface area (Å²) < 4.78 is 11.6. The summed E-state index contributed by atoms with van der Waals surface area (Å²) in [4.78, 5) is 7.77. The maximum atomic E-state index is 6.19. The largest absolute Gasteiger partial charge is 0.488 e. The Balaban J connectivity index is 0.00000256.